The van der Waals surface area contributed by atoms with Gasteiger partial charge in [0.2, 0.25) is 0 Å². The number of rotatable bonds is 2. The lowest BCUT2D eigenvalue weighted by Gasteiger charge is -1.98. The van der Waals surface area contributed by atoms with Gasteiger partial charge in [-0.05, 0) is 12.1 Å². The van der Waals surface area contributed by atoms with E-state index in [1.807, 2.05) is 0 Å². The molecule has 0 saturated carbocycles. The van der Waals surface area contributed by atoms with Gasteiger partial charge in [-0.3, -0.25) is 14.9 Å². The van der Waals surface area contributed by atoms with Crippen molar-refractivity contribution in [2.24, 2.45) is 0 Å². The van der Waals surface area contributed by atoms with E-state index >= 15 is 0 Å². The van der Waals surface area contributed by atoms with Gasteiger partial charge in [-0.15, -0.1) is 0 Å². The van der Waals surface area contributed by atoms with Crippen LogP contribution in [0.3, 0.4) is 0 Å². The molecular formula is C9H7N3O3. The number of carboxylic acids is 1. The average Bonchev–Trinajstić information content (AvgIpc) is 2.61. The molecule has 0 amide bonds. The number of carbonyl (C=O) groups is 1. The van der Waals surface area contributed by atoms with Gasteiger partial charge in [-0.1, -0.05) is 0 Å². The van der Waals surface area contributed by atoms with Crippen LogP contribution in [0.15, 0.2) is 35.5 Å². The molecule has 2 aromatic rings. The van der Waals surface area contributed by atoms with Crippen molar-refractivity contribution in [1.82, 2.24) is 14.8 Å². The maximum absolute atomic E-state index is 11.5. The van der Waals surface area contributed by atoms with E-state index in [1.165, 1.54) is 6.20 Å². The Kier molecular flexibility index (Phi) is 2.09. The fraction of sp³-hybridized carbons (Fsp3) is 0. The highest BCUT2D eigenvalue weighted by molar-refractivity contribution is 5.86. The third kappa shape index (κ3) is 1.52. The predicted molar refractivity (Wildman–Crippen MR) is 51.1 cm³/mol. The maximum Gasteiger partial charge on any atom is 0.342 e. The first-order chi connectivity index (χ1) is 7.20. The molecule has 0 fully saturated rings. The van der Waals surface area contributed by atoms with Crippen molar-refractivity contribution in [3.8, 4) is 5.69 Å². The van der Waals surface area contributed by atoms with Gasteiger partial charge in [-0.25, -0.2) is 9.48 Å². The van der Waals surface area contributed by atoms with E-state index in [2.05, 4.69) is 10.1 Å². The van der Waals surface area contributed by atoms with Gasteiger partial charge in [0.05, 0.1) is 11.9 Å². The molecule has 2 aromatic heterocycles. The number of hydrogen-bond donors (Lipinski definition) is 2. The predicted octanol–water partition coefficient (Wildman–Crippen LogP) is 0.259. The summed E-state index contributed by atoms with van der Waals surface area (Å²) in [5.74, 6) is -1.25. The molecule has 0 aliphatic rings. The molecular weight excluding hydrogens is 198 g/mol. The molecule has 0 atom stereocenters. The van der Waals surface area contributed by atoms with E-state index in [0.717, 1.165) is 10.9 Å². The quantitative estimate of drug-likeness (QED) is 0.736. The van der Waals surface area contributed by atoms with Crippen LogP contribution in [-0.4, -0.2) is 25.8 Å². The Hall–Kier alpha value is -2.37. The van der Waals surface area contributed by atoms with Crippen LogP contribution in [0.5, 0.6) is 0 Å². The van der Waals surface area contributed by atoms with E-state index in [-0.39, 0.29) is 5.56 Å². The molecule has 0 aliphatic carbocycles. The number of nitrogens with zero attached hydrogens (tertiary/aromatic N) is 2. The lowest BCUT2D eigenvalue weighted by molar-refractivity contribution is 0.0695. The molecule has 0 aromatic carbocycles. The Balaban J connectivity index is 2.57. The summed E-state index contributed by atoms with van der Waals surface area (Å²) >= 11 is 0. The minimum Gasteiger partial charge on any atom is -0.477 e. The second kappa shape index (κ2) is 3.41. The molecule has 76 valence electrons. The molecule has 0 radical (unpaired) electrons. The highest BCUT2D eigenvalue weighted by atomic mass is 16.4. The molecule has 0 aliphatic heterocycles. The Morgan fingerprint density at radius 3 is 2.87 bits per heavy atom. The summed E-state index contributed by atoms with van der Waals surface area (Å²) < 4.78 is 1.12. The van der Waals surface area contributed by atoms with Crippen LogP contribution in [0.25, 0.3) is 5.69 Å². The normalized spacial score (nSPS) is 10.1. The van der Waals surface area contributed by atoms with Crippen molar-refractivity contribution < 1.29 is 9.90 Å². The monoisotopic (exact) mass is 205 g/mol. The minimum absolute atomic E-state index is 0.293. The molecule has 6 heteroatoms. The number of nitrogens with one attached hydrogen (secondary N) is 1. The number of H-pyrrole nitrogens is 1. The minimum atomic E-state index is -1.25. The molecule has 6 nitrogen and oxygen atoms in total. The van der Waals surface area contributed by atoms with E-state index < -0.39 is 11.5 Å². The van der Waals surface area contributed by atoms with Gasteiger partial charge in [0, 0.05) is 12.4 Å². The maximum atomic E-state index is 11.5. The van der Waals surface area contributed by atoms with Crippen LogP contribution in [0.2, 0.25) is 0 Å². The summed E-state index contributed by atoms with van der Waals surface area (Å²) in [5.41, 5.74) is -0.399. The summed E-state index contributed by atoms with van der Waals surface area (Å²) in [6.07, 6.45) is 4.18. The Morgan fingerprint density at radius 2 is 2.33 bits per heavy atom. The van der Waals surface area contributed by atoms with Crippen LogP contribution in [0.4, 0.5) is 0 Å². The van der Waals surface area contributed by atoms with Crippen molar-refractivity contribution >= 4 is 5.97 Å². The van der Waals surface area contributed by atoms with Gasteiger partial charge in [-0.2, -0.15) is 0 Å². The zero-order chi connectivity index (χ0) is 10.8. The Labute approximate surface area is 83.8 Å². The highest BCUT2D eigenvalue weighted by Crippen LogP contribution is 2.00. The zero-order valence-corrected chi connectivity index (χ0v) is 7.54. The van der Waals surface area contributed by atoms with Crippen molar-refractivity contribution in [3.63, 3.8) is 0 Å². The smallest absolute Gasteiger partial charge is 0.342 e. The van der Waals surface area contributed by atoms with Crippen molar-refractivity contribution in [3.05, 3.63) is 46.6 Å². The van der Waals surface area contributed by atoms with Crippen molar-refractivity contribution in [2.75, 3.05) is 0 Å². The molecule has 0 bridgehead atoms. The van der Waals surface area contributed by atoms with E-state index in [1.54, 1.807) is 18.3 Å². The van der Waals surface area contributed by atoms with Gasteiger partial charge in [0.1, 0.15) is 5.56 Å². The lowest BCUT2D eigenvalue weighted by atomic mass is 10.3. The van der Waals surface area contributed by atoms with Gasteiger partial charge < -0.3 is 5.11 Å². The Bertz CT molecular complexity index is 541. The fourth-order valence-corrected chi connectivity index (χ4v) is 1.20. The fourth-order valence-electron chi connectivity index (χ4n) is 1.20. The first-order valence-electron chi connectivity index (χ1n) is 4.14. The summed E-state index contributed by atoms with van der Waals surface area (Å²) in [6.45, 7) is 0. The first kappa shape index (κ1) is 9.20. The summed E-state index contributed by atoms with van der Waals surface area (Å²) in [7, 11) is 0. The van der Waals surface area contributed by atoms with Crippen LogP contribution in [0.1, 0.15) is 10.4 Å². The molecule has 15 heavy (non-hydrogen) atoms. The molecule has 0 unspecified atom stereocenters. The van der Waals surface area contributed by atoms with Crippen molar-refractivity contribution in [1.29, 1.82) is 0 Å². The SMILES string of the molecule is O=C(O)c1c[nH]n(-c2cccnc2)c1=O. The molecule has 2 N–H and O–H groups in total. The van der Waals surface area contributed by atoms with Crippen LogP contribution < -0.4 is 5.56 Å². The molecule has 0 saturated heterocycles. The highest BCUT2D eigenvalue weighted by Gasteiger charge is 2.13. The average molecular weight is 205 g/mol. The topological polar surface area (TPSA) is 88.0 Å². The third-order valence-corrected chi connectivity index (χ3v) is 1.91. The number of aromatic nitrogens is 3. The number of aromatic carboxylic acids is 1. The van der Waals surface area contributed by atoms with Gasteiger partial charge in [0.25, 0.3) is 5.56 Å². The van der Waals surface area contributed by atoms with Crippen LogP contribution in [0, 0.1) is 0 Å². The lowest BCUT2D eigenvalue weighted by Crippen LogP contribution is -2.19. The number of aromatic amines is 1. The summed E-state index contributed by atoms with van der Waals surface area (Å²) in [6, 6.07) is 3.31. The Morgan fingerprint density at radius 1 is 1.53 bits per heavy atom. The second-order valence-corrected chi connectivity index (χ2v) is 2.84. The molecule has 2 rings (SSSR count). The van der Waals surface area contributed by atoms with Crippen molar-refractivity contribution in [2.45, 2.75) is 0 Å². The van der Waals surface area contributed by atoms with E-state index in [0.29, 0.717) is 5.69 Å². The third-order valence-electron chi connectivity index (χ3n) is 1.91. The summed E-state index contributed by atoms with van der Waals surface area (Å²) in [5, 5.41) is 11.2. The largest absolute Gasteiger partial charge is 0.477 e. The first-order valence-corrected chi connectivity index (χ1v) is 4.14. The van der Waals surface area contributed by atoms with Crippen LogP contribution in [-0.2, 0) is 0 Å². The van der Waals surface area contributed by atoms with E-state index in [9.17, 15) is 9.59 Å². The number of hydrogen-bond acceptors (Lipinski definition) is 3. The van der Waals surface area contributed by atoms with E-state index in [4.69, 9.17) is 5.11 Å². The summed E-state index contributed by atoms with van der Waals surface area (Å²) in [4.78, 5) is 26.0. The number of carboxylic acid groups (broad SMARTS) is 1. The van der Waals surface area contributed by atoms with Gasteiger partial charge in [0.15, 0.2) is 0 Å². The zero-order valence-electron chi connectivity index (χ0n) is 7.54. The van der Waals surface area contributed by atoms with Gasteiger partial charge >= 0.3 is 5.97 Å². The molecule has 0 spiro atoms. The molecule has 2 heterocycles. The number of pyridine rings is 1. The standard InChI is InChI=1S/C9H7N3O3/c13-8-7(9(14)15)5-11-12(8)6-2-1-3-10-4-6/h1-5,11H,(H,14,15). The van der Waals surface area contributed by atoms with Crippen LogP contribution >= 0.6 is 0 Å². The second-order valence-electron chi connectivity index (χ2n) is 2.84.